The zero-order valence-corrected chi connectivity index (χ0v) is 11.1. The van der Waals surface area contributed by atoms with Gasteiger partial charge in [-0.15, -0.1) is 0 Å². The number of sulfonamides is 1. The first-order valence-corrected chi connectivity index (χ1v) is 7.58. The van der Waals surface area contributed by atoms with Crippen molar-refractivity contribution >= 4 is 15.7 Å². The summed E-state index contributed by atoms with van der Waals surface area (Å²) in [5, 5.41) is 0. The summed E-state index contributed by atoms with van der Waals surface area (Å²) >= 11 is 0. The zero-order chi connectivity index (χ0) is 13.2. The van der Waals surface area contributed by atoms with E-state index in [4.69, 9.17) is 10.5 Å². The Morgan fingerprint density at radius 1 is 1.44 bits per heavy atom. The van der Waals surface area contributed by atoms with E-state index in [0.717, 1.165) is 0 Å². The maximum absolute atomic E-state index is 12.0. The molecule has 2 atom stereocenters. The fourth-order valence-electron chi connectivity index (χ4n) is 2.03. The number of rotatable bonds is 4. The minimum absolute atomic E-state index is 0.0760. The predicted octanol–water partition coefficient (Wildman–Crippen LogP) is 0.866. The minimum atomic E-state index is -3.38. The molecule has 18 heavy (non-hydrogen) atoms. The van der Waals surface area contributed by atoms with Crippen molar-refractivity contribution < 1.29 is 13.2 Å². The van der Waals surface area contributed by atoms with E-state index < -0.39 is 10.0 Å². The Morgan fingerprint density at radius 3 is 2.78 bits per heavy atom. The Labute approximate surface area is 107 Å². The zero-order valence-electron chi connectivity index (χ0n) is 10.3. The third-order valence-corrected chi connectivity index (χ3v) is 4.46. The SMILES string of the molecule is CC1OCCC1NS(=O)(=O)Cc1ccccc1N. The molecule has 100 valence electrons. The molecule has 1 aliphatic heterocycles. The third kappa shape index (κ3) is 3.22. The van der Waals surface area contributed by atoms with Gasteiger partial charge in [-0.25, -0.2) is 13.1 Å². The molecule has 0 bridgehead atoms. The summed E-state index contributed by atoms with van der Waals surface area (Å²) in [5.41, 5.74) is 6.87. The first-order chi connectivity index (χ1) is 8.48. The van der Waals surface area contributed by atoms with E-state index in [1.54, 1.807) is 24.3 Å². The summed E-state index contributed by atoms with van der Waals surface area (Å²) in [4.78, 5) is 0. The molecule has 0 spiro atoms. The Hall–Kier alpha value is -1.11. The summed E-state index contributed by atoms with van der Waals surface area (Å²) in [6.45, 7) is 2.47. The van der Waals surface area contributed by atoms with Gasteiger partial charge >= 0.3 is 0 Å². The largest absolute Gasteiger partial charge is 0.398 e. The van der Waals surface area contributed by atoms with Gasteiger partial charge in [-0.1, -0.05) is 18.2 Å². The number of nitrogens with one attached hydrogen (secondary N) is 1. The Morgan fingerprint density at radius 2 is 2.17 bits per heavy atom. The number of nitrogen functional groups attached to an aromatic ring is 1. The highest BCUT2D eigenvalue weighted by atomic mass is 32.2. The summed E-state index contributed by atoms with van der Waals surface area (Å²) in [6.07, 6.45) is 0.637. The maximum atomic E-state index is 12.0. The molecule has 0 aliphatic carbocycles. The number of anilines is 1. The standard InChI is InChI=1S/C12H18N2O3S/c1-9-12(6-7-17-9)14-18(15,16)8-10-4-2-3-5-11(10)13/h2-5,9,12,14H,6-8,13H2,1H3. The van der Waals surface area contributed by atoms with E-state index in [0.29, 0.717) is 24.3 Å². The van der Waals surface area contributed by atoms with Crippen LogP contribution in [-0.2, 0) is 20.5 Å². The second-order valence-electron chi connectivity index (χ2n) is 4.55. The smallest absolute Gasteiger partial charge is 0.216 e. The number of ether oxygens (including phenoxy) is 1. The first kappa shape index (κ1) is 13.3. The molecule has 6 heteroatoms. The number of hydrogen-bond donors (Lipinski definition) is 2. The number of para-hydroxylation sites is 1. The van der Waals surface area contributed by atoms with Gasteiger partial charge in [0.15, 0.2) is 0 Å². The Bertz CT molecular complexity index is 516. The molecule has 3 N–H and O–H groups in total. The van der Waals surface area contributed by atoms with Crippen LogP contribution in [0.3, 0.4) is 0 Å². The topological polar surface area (TPSA) is 81.4 Å². The lowest BCUT2D eigenvalue weighted by atomic mass is 10.2. The molecular weight excluding hydrogens is 252 g/mol. The van der Waals surface area contributed by atoms with E-state index in [1.165, 1.54) is 0 Å². The molecule has 1 aromatic rings. The van der Waals surface area contributed by atoms with Gasteiger partial charge in [0.2, 0.25) is 10.0 Å². The van der Waals surface area contributed by atoms with Crippen LogP contribution in [0.4, 0.5) is 5.69 Å². The van der Waals surface area contributed by atoms with Crippen LogP contribution >= 0.6 is 0 Å². The van der Waals surface area contributed by atoms with Crippen LogP contribution in [0.15, 0.2) is 24.3 Å². The molecule has 0 radical (unpaired) electrons. The van der Waals surface area contributed by atoms with Crippen LogP contribution in [0, 0.1) is 0 Å². The van der Waals surface area contributed by atoms with E-state index >= 15 is 0 Å². The van der Waals surface area contributed by atoms with Crippen molar-refractivity contribution in [3.8, 4) is 0 Å². The van der Waals surface area contributed by atoms with Crippen molar-refractivity contribution in [3.63, 3.8) is 0 Å². The van der Waals surface area contributed by atoms with Crippen molar-refractivity contribution in [2.45, 2.75) is 31.2 Å². The van der Waals surface area contributed by atoms with Crippen LogP contribution < -0.4 is 10.5 Å². The molecule has 2 rings (SSSR count). The highest BCUT2D eigenvalue weighted by molar-refractivity contribution is 7.88. The predicted molar refractivity (Wildman–Crippen MR) is 70.4 cm³/mol. The molecule has 0 aromatic heterocycles. The molecule has 1 heterocycles. The average Bonchev–Trinajstić information content (AvgIpc) is 2.67. The molecule has 1 aliphatic rings. The lowest BCUT2D eigenvalue weighted by Gasteiger charge is -2.16. The molecular formula is C12H18N2O3S. The fraction of sp³-hybridized carbons (Fsp3) is 0.500. The van der Waals surface area contributed by atoms with Crippen molar-refractivity contribution in [2.75, 3.05) is 12.3 Å². The number of nitrogens with two attached hydrogens (primary N) is 1. The normalized spacial score (nSPS) is 24.3. The number of hydrogen-bond acceptors (Lipinski definition) is 4. The Balaban J connectivity index is 2.06. The van der Waals surface area contributed by atoms with Crippen LogP contribution in [0.2, 0.25) is 0 Å². The quantitative estimate of drug-likeness (QED) is 0.795. The van der Waals surface area contributed by atoms with Crippen molar-refractivity contribution in [3.05, 3.63) is 29.8 Å². The average molecular weight is 270 g/mol. The summed E-state index contributed by atoms with van der Waals surface area (Å²) < 4.78 is 32.1. The van der Waals surface area contributed by atoms with Crippen LogP contribution in [0.25, 0.3) is 0 Å². The maximum Gasteiger partial charge on any atom is 0.216 e. The third-order valence-electron chi connectivity index (χ3n) is 3.11. The van der Waals surface area contributed by atoms with Gasteiger partial charge in [0.05, 0.1) is 11.9 Å². The van der Waals surface area contributed by atoms with Crippen LogP contribution in [-0.4, -0.2) is 27.2 Å². The molecule has 1 saturated heterocycles. The molecule has 1 aromatic carbocycles. The van der Waals surface area contributed by atoms with Gasteiger partial charge in [0.1, 0.15) is 0 Å². The van der Waals surface area contributed by atoms with Crippen molar-refractivity contribution in [1.82, 2.24) is 4.72 Å². The molecule has 0 saturated carbocycles. The fourth-order valence-corrected chi connectivity index (χ4v) is 3.56. The van der Waals surface area contributed by atoms with Crippen LogP contribution in [0.5, 0.6) is 0 Å². The van der Waals surface area contributed by atoms with Crippen LogP contribution in [0.1, 0.15) is 18.9 Å². The van der Waals surface area contributed by atoms with E-state index in [9.17, 15) is 8.42 Å². The van der Waals surface area contributed by atoms with E-state index in [-0.39, 0.29) is 17.9 Å². The summed E-state index contributed by atoms with van der Waals surface area (Å²) in [7, 11) is -3.38. The molecule has 0 amide bonds. The van der Waals surface area contributed by atoms with Gasteiger partial charge in [0.25, 0.3) is 0 Å². The highest BCUT2D eigenvalue weighted by Crippen LogP contribution is 2.17. The molecule has 5 nitrogen and oxygen atoms in total. The summed E-state index contributed by atoms with van der Waals surface area (Å²) in [6, 6.07) is 6.85. The second-order valence-corrected chi connectivity index (χ2v) is 6.30. The lowest BCUT2D eigenvalue weighted by molar-refractivity contribution is 0.117. The van der Waals surface area contributed by atoms with Crippen molar-refractivity contribution in [1.29, 1.82) is 0 Å². The lowest BCUT2D eigenvalue weighted by Crippen LogP contribution is -2.39. The monoisotopic (exact) mass is 270 g/mol. The minimum Gasteiger partial charge on any atom is -0.398 e. The highest BCUT2D eigenvalue weighted by Gasteiger charge is 2.28. The van der Waals surface area contributed by atoms with Gasteiger partial charge in [-0.3, -0.25) is 0 Å². The molecule has 2 unspecified atom stereocenters. The van der Waals surface area contributed by atoms with Gasteiger partial charge in [0, 0.05) is 18.3 Å². The molecule has 1 fully saturated rings. The van der Waals surface area contributed by atoms with E-state index in [2.05, 4.69) is 4.72 Å². The van der Waals surface area contributed by atoms with Gasteiger partial charge < -0.3 is 10.5 Å². The number of benzene rings is 1. The summed E-state index contributed by atoms with van der Waals surface area (Å²) in [5.74, 6) is -0.0944. The van der Waals surface area contributed by atoms with Gasteiger partial charge in [-0.2, -0.15) is 0 Å². The second kappa shape index (κ2) is 5.26. The Kier molecular flexibility index (Phi) is 3.89. The first-order valence-electron chi connectivity index (χ1n) is 5.93. The van der Waals surface area contributed by atoms with Gasteiger partial charge in [-0.05, 0) is 25.0 Å². The van der Waals surface area contributed by atoms with E-state index in [1.807, 2.05) is 6.92 Å². The van der Waals surface area contributed by atoms with Crippen molar-refractivity contribution in [2.24, 2.45) is 0 Å².